The van der Waals surface area contributed by atoms with Gasteiger partial charge in [0.2, 0.25) is 11.0 Å². The van der Waals surface area contributed by atoms with Crippen molar-refractivity contribution in [3.05, 3.63) is 16.7 Å². The van der Waals surface area contributed by atoms with E-state index < -0.39 is 6.04 Å². The molecule has 0 bridgehead atoms. The molecule has 1 aromatic heterocycles. The third kappa shape index (κ3) is 3.86. The van der Waals surface area contributed by atoms with Crippen LogP contribution in [0.5, 0.6) is 0 Å². The number of aromatic nitrogens is 2. The van der Waals surface area contributed by atoms with Gasteiger partial charge >= 0.3 is 0 Å². The van der Waals surface area contributed by atoms with Gasteiger partial charge < -0.3 is 4.90 Å². The highest BCUT2D eigenvalue weighted by molar-refractivity contribution is 7.99. The first-order valence-corrected chi connectivity index (χ1v) is 9.22. The minimum absolute atomic E-state index is 0.0708. The van der Waals surface area contributed by atoms with Crippen LogP contribution in [0.1, 0.15) is 32.2 Å². The third-order valence-electron chi connectivity index (χ3n) is 3.29. The third-order valence-corrected chi connectivity index (χ3v) is 5.29. The molecule has 0 saturated carbocycles. The number of allylic oxidation sites excluding steroid dienone is 1. The average molecular weight is 340 g/mol. The maximum Gasteiger partial charge on any atom is 0.250 e. The Morgan fingerprint density at radius 3 is 2.82 bits per heavy atom. The molecule has 0 aliphatic carbocycles. The van der Waals surface area contributed by atoms with Crippen LogP contribution in [0.3, 0.4) is 0 Å². The minimum atomic E-state index is -0.452. The molecule has 1 aliphatic rings. The molecular weight excluding hydrogens is 320 g/mol. The molecule has 0 unspecified atom stereocenters. The van der Waals surface area contributed by atoms with Crippen LogP contribution in [-0.4, -0.2) is 44.6 Å². The van der Waals surface area contributed by atoms with Gasteiger partial charge in [-0.2, -0.15) is 0 Å². The first-order valence-electron chi connectivity index (χ1n) is 7.25. The monoisotopic (exact) mass is 340 g/mol. The number of hydrogen-bond donors (Lipinski definition) is 1. The van der Waals surface area contributed by atoms with Crippen LogP contribution in [-0.2, 0) is 16.0 Å². The average Bonchev–Trinajstić information content (AvgIpc) is 3.15. The normalized spacial score (nSPS) is 18.6. The van der Waals surface area contributed by atoms with Crippen molar-refractivity contribution in [3.8, 4) is 0 Å². The first kappa shape index (κ1) is 17.0. The molecule has 1 N–H and O–H groups in total. The molecular formula is C14H20N4O2S2. The molecule has 1 aromatic rings. The van der Waals surface area contributed by atoms with Gasteiger partial charge in [0.05, 0.1) is 5.88 Å². The van der Waals surface area contributed by atoms with Crippen LogP contribution in [0.15, 0.2) is 11.6 Å². The summed E-state index contributed by atoms with van der Waals surface area (Å²) in [6, 6.07) is -0.452. The van der Waals surface area contributed by atoms with Crippen LogP contribution in [0.25, 0.3) is 0 Å². The molecule has 1 saturated heterocycles. The Morgan fingerprint density at radius 1 is 1.41 bits per heavy atom. The standard InChI is InChI=1S/C14H20N4O2S2/c1-4-6-9(3)13(20)18-8-21-7-10(18)12(19)15-14-17-16-11(5-2)22-14/h6,10H,4-5,7-8H2,1-3H3,(H,15,17,19)/b9-6-/t10-/m0/s1. The summed E-state index contributed by atoms with van der Waals surface area (Å²) in [7, 11) is 0. The van der Waals surface area contributed by atoms with Crippen LogP contribution in [0, 0.1) is 0 Å². The van der Waals surface area contributed by atoms with Crippen molar-refractivity contribution in [2.45, 2.75) is 39.7 Å². The second kappa shape index (κ2) is 7.73. The Kier molecular flexibility index (Phi) is 5.96. The van der Waals surface area contributed by atoms with E-state index in [1.165, 1.54) is 11.3 Å². The molecule has 1 aliphatic heterocycles. The quantitative estimate of drug-likeness (QED) is 0.833. The zero-order valence-electron chi connectivity index (χ0n) is 13.0. The van der Waals surface area contributed by atoms with Crippen LogP contribution < -0.4 is 5.32 Å². The fourth-order valence-corrected chi connectivity index (χ4v) is 3.95. The molecule has 0 radical (unpaired) electrons. The van der Waals surface area contributed by atoms with E-state index >= 15 is 0 Å². The molecule has 6 nitrogen and oxygen atoms in total. The predicted molar refractivity (Wildman–Crippen MR) is 89.9 cm³/mol. The van der Waals surface area contributed by atoms with E-state index in [9.17, 15) is 9.59 Å². The van der Waals surface area contributed by atoms with E-state index in [0.29, 0.717) is 22.3 Å². The Labute approximate surface area is 138 Å². The fraction of sp³-hybridized carbons (Fsp3) is 0.571. The van der Waals surface area contributed by atoms with Gasteiger partial charge in [0.15, 0.2) is 0 Å². The molecule has 8 heteroatoms. The van der Waals surface area contributed by atoms with E-state index in [-0.39, 0.29) is 11.8 Å². The summed E-state index contributed by atoms with van der Waals surface area (Å²) in [6.45, 7) is 5.77. The summed E-state index contributed by atoms with van der Waals surface area (Å²) >= 11 is 2.96. The van der Waals surface area contributed by atoms with Crippen molar-refractivity contribution in [2.24, 2.45) is 0 Å². The number of rotatable bonds is 5. The van der Waals surface area contributed by atoms with Crippen molar-refractivity contribution in [3.63, 3.8) is 0 Å². The van der Waals surface area contributed by atoms with Crippen molar-refractivity contribution in [1.82, 2.24) is 15.1 Å². The van der Waals surface area contributed by atoms with E-state index in [1.807, 2.05) is 19.9 Å². The number of nitrogens with one attached hydrogen (secondary N) is 1. The number of carbonyl (C=O) groups excluding carboxylic acids is 2. The summed E-state index contributed by atoms with van der Waals surface area (Å²) in [5.74, 6) is 0.887. The Morgan fingerprint density at radius 2 is 2.18 bits per heavy atom. The lowest BCUT2D eigenvalue weighted by Crippen LogP contribution is -2.44. The van der Waals surface area contributed by atoms with Gasteiger partial charge in [-0.05, 0) is 19.8 Å². The Bertz CT molecular complexity index is 585. The maximum atomic E-state index is 12.4. The molecule has 22 heavy (non-hydrogen) atoms. The zero-order chi connectivity index (χ0) is 16.1. The number of amides is 2. The van der Waals surface area contributed by atoms with Crippen molar-refractivity contribution < 1.29 is 9.59 Å². The van der Waals surface area contributed by atoms with Gasteiger partial charge in [0.25, 0.3) is 5.91 Å². The highest BCUT2D eigenvalue weighted by Crippen LogP contribution is 2.25. The second-order valence-corrected chi connectivity index (χ2v) is 6.99. The van der Waals surface area contributed by atoms with E-state index in [4.69, 9.17) is 0 Å². The molecule has 2 heterocycles. The summed E-state index contributed by atoms with van der Waals surface area (Å²) in [6.07, 6.45) is 3.48. The number of thioether (sulfide) groups is 1. The summed E-state index contributed by atoms with van der Waals surface area (Å²) in [5, 5.41) is 12.1. The van der Waals surface area contributed by atoms with Crippen LogP contribution >= 0.6 is 23.1 Å². The number of hydrogen-bond acceptors (Lipinski definition) is 6. The largest absolute Gasteiger partial charge is 0.317 e. The van der Waals surface area contributed by atoms with Crippen molar-refractivity contribution >= 4 is 40.0 Å². The van der Waals surface area contributed by atoms with Gasteiger partial charge in [-0.15, -0.1) is 22.0 Å². The molecule has 1 fully saturated rings. The zero-order valence-corrected chi connectivity index (χ0v) is 14.6. The van der Waals surface area contributed by atoms with Gasteiger partial charge in [-0.25, -0.2) is 0 Å². The molecule has 2 rings (SSSR count). The molecule has 120 valence electrons. The predicted octanol–water partition coefficient (Wildman–Crippen LogP) is 2.30. The Balaban J connectivity index is 2.04. The highest BCUT2D eigenvalue weighted by atomic mass is 32.2. The van der Waals surface area contributed by atoms with Crippen LogP contribution in [0.4, 0.5) is 5.13 Å². The lowest BCUT2D eigenvalue weighted by atomic mass is 10.2. The lowest BCUT2D eigenvalue weighted by Gasteiger charge is -2.22. The summed E-state index contributed by atoms with van der Waals surface area (Å²) < 4.78 is 0. The van der Waals surface area contributed by atoms with Gasteiger partial charge in [-0.3, -0.25) is 14.9 Å². The first-order chi connectivity index (χ1) is 10.6. The number of aryl methyl sites for hydroxylation is 1. The SMILES string of the molecule is CC/C=C(/C)C(=O)N1CSC[C@H]1C(=O)Nc1nnc(CC)s1. The second-order valence-electron chi connectivity index (χ2n) is 4.93. The number of anilines is 1. The number of nitrogens with zero attached hydrogens (tertiary/aromatic N) is 3. The van der Waals surface area contributed by atoms with Gasteiger partial charge in [0.1, 0.15) is 11.0 Å². The maximum absolute atomic E-state index is 12.4. The van der Waals surface area contributed by atoms with Crippen molar-refractivity contribution in [2.75, 3.05) is 16.9 Å². The number of carbonyl (C=O) groups is 2. The highest BCUT2D eigenvalue weighted by Gasteiger charge is 2.35. The smallest absolute Gasteiger partial charge is 0.250 e. The fourth-order valence-electron chi connectivity index (χ4n) is 2.12. The molecule has 1 atom stereocenters. The van der Waals surface area contributed by atoms with E-state index in [0.717, 1.165) is 17.8 Å². The molecule has 2 amide bonds. The van der Waals surface area contributed by atoms with Gasteiger partial charge in [-0.1, -0.05) is 31.3 Å². The summed E-state index contributed by atoms with van der Waals surface area (Å²) in [4.78, 5) is 26.4. The minimum Gasteiger partial charge on any atom is -0.317 e. The van der Waals surface area contributed by atoms with Gasteiger partial charge in [0, 0.05) is 11.3 Å². The molecule has 0 spiro atoms. The topological polar surface area (TPSA) is 75.2 Å². The Hall–Kier alpha value is -1.41. The van der Waals surface area contributed by atoms with E-state index in [1.54, 1.807) is 23.6 Å². The lowest BCUT2D eigenvalue weighted by molar-refractivity contribution is -0.133. The van der Waals surface area contributed by atoms with E-state index in [2.05, 4.69) is 15.5 Å². The molecule has 0 aromatic carbocycles. The van der Waals surface area contributed by atoms with Crippen LogP contribution in [0.2, 0.25) is 0 Å². The summed E-state index contributed by atoms with van der Waals surface area (Å²) in [5.41, 5.74) is 0.687. The van der Waals surface area contributed by atoms with Crippen molar-refractivity contribution in [1.29, 1.82) is 0 Å².